The van der Waals surface area contributed by atoms with Crippen LogP contribution in [-0.2, 0) is 0 Å². The second-order valence-electron chi connectivity index (χ2n) is 5.78. The van der Waals surface area contributed by atoms with Crippen LogP contribution in [0.5, 0.6) is 23.0 Å². The average molecular weight is 373 g/mol. The summed E-state index contributed by atoms with van der Waals surface area (Å²) in [5.74, 6) is 7.23. The van der Waals surface area contributed by atoms with Crippen LogP contribution < -0.4 is 24.9 Å². The highest BCUT2D eigenvalue weighted by molar-refractivity contribution is 6.30. The fourth-order valence-electron chi connectivity index (χ4n) is 3.03. The Bertz CT molecular complexity index is 513. The fourth-order valence-corrected chi connectivity index (χ4v) is 3.03. The van der Waals surface area contributed by atoms with Gasteiger partial charge in [-0.15, -0.1) is 0 Å². The SMILES string of the molecule is CCC(CC)(CC)C(C)Oc1ccc(ON)c(OC)c1OC.OB(O)O. The third kappa shape index (κ3) is 6.24. The van der Waals surface area contributed by atoms with Gasteiger partial charge in [-0.1, -0.05) is 20.8 Å². The summed E-state index contributed by atoms with van der Waals surface area (Å²) in [5, 5.41) is 21.5. The summed E-state index contributed by atoms with van der Waals surface area (Å²) in [7, 11) is 0.949. The molecular formula is C17H32BNO7. The molecule has 1 aromatic rings. The van der Waals surface area contributed by atoms with Crippen molar-refractivity contribution in [1.29, 1.82) is 0 Å². The van der Waals surface area contributed by atoms with Crippen molar-refractivity contribution in [2.24, 2.45) is 11.3 Å². The zero-order chi connectivity index (χ0) is 20.3. The van der Waals surface area contributed by atoms with Crippen LogP contribution in [0.3, 0.4) is 0 Å². The van der Waals surface area contributed by atoms with Crippen molar-refractivity contribution in [2.75, 3.05) is 14.2 Å². The lowest BCUT2D eigenvalue weighted by molar-refractivity contribution is 0.0456. The predicted molar refractivity (Wildman–Crippen MR) is 100 cm³/mol. The van der Waals surface area contributed by atoms with Crippen molar-refractivity contribution in [3.05, 3.63) is 12.1 Å². The van der Waals surface area contributed by atoms with Gasteiger partial charge in [0, 0.05) is 5.41 Å². The first-order chi connectivity index (χ1) is 12.3. The van der Waals surface area contributed by atoms with Gasteiger partial charge in [0.1, 0.15) is 6.10 Å². The third-order valence-corrected chi connectivity index (χ3v) is 4.85. The van der Waals surface area contributed by atoms with Crippen LogP contribution in [0.25, 0.3) is 0 Å². The number of benzene rings is 1. The normalized spacial score (nSPS) is 11.8. The summed E-state index contributed by atoms with van der Waals surface area (Å²) >= 11 is 0. The first kappa shape index (κ1) is 24.3. The first-order valence-electron chi connectivity index (χ1n) is 8.59. The van der Waals surface area contributed by atoms with E-state index in [4.69, 9.17) is 40.0 Å². The second kappa shape index (κ2) is 11.8. The minimum Gasteiger partial charge on any atom is -0.490 e. The second-order valence-corrected chi connectivity index (χ2v) is 5.78. The van der Waals surface area contributed by atoms with E-state index in [9.17, 15) is 0 Å². The molecule has 0 bridgehead atoms. The molecule has 0 spiro atoms. The standard InChI is InChI=1S/C17H29NO4.BH3O3/c1-7-17(8-2,9-3)12(4)21-13-10-11-14(22-18)16(20-6)15(13)19-5;2-1(3)4/h10-12H,7-9,18H2,1-6H3;2-4H. The summed E-state index contributed by atoms with van der Waals surface area (Å²) in [6.45, 7) is 8.72. The van der Waals surface area contributed by atoms with Crippen LogP contribution in [0, 0.1) is 5.41 Å². The van der Waals surface area contributed by atoms with Crippen LogP contribution in [0.4, 0.5) is 0 Å². The average Bonchev–Trinajstić information content (AvgIpc) is 2.62. The molecule has 0 saturated heterocycles. The molecule has 0 aliphatic rings. The van der Waals surface area contributed by atoms with Crippen molar-refractivity contribution in [3.8, 4) is 23.0 Å². The lowest BCUT2D eigenvalue weighted by Crippen LogP contribution is -2.35. The third-order valence-electron chi connectivity index (χ3n) is 4.85. The summed E-state index contributed by atoms with van der Waals surface area (Å²) in [6, 6.07) is 3.51. The zero-order valence-corrected chi connectivity index (χ0v) is 16.5. The molecule has 0 aliphatic heterocycles. The summed E-state index contributed by atoms with van der Waals surface area (Å²) in [6.07, 6.45) is 3.23. The van der Waals surface area contributed by atoms with Crippen LogP contribution in [0.2, 0.25) is 0 Å². The number of hydrogen-bond acceptors (Lipinski definition) is 8. The molecule has 5 N–H and O–H groups in total. The molecule has 1 rings (SSSR count). The Morgan fingerprint density at radius 2 is 1.35 bits per heavy atom. The maximum absolute atomic E-state index is 7.17. The molecule has 0 heterocycles. The Morgan fingerprint density at radius 3 is 1.69 bits per heavy atom. The molecule has 1 aromatic carbocycles. The maximum atomic E-state index is 7.17. The van der Waals surface area contributed by atoms with Gasteiger partial charge in [-0.3, -0.25) is 0 Å². The Morgan fingerprint density at radius 1 is 0.962 bits per heavy atom. The molecule has 0 amide bonds. The van der Waals surface area contributed by atoms with Crippen molar-refractivity contribution in [2.45, 2.75) is 53.1 Å². The molecule has 150 valence electrons. The number of hydrogen-bond donors (Lipinski definition) is 4. The first-order valence-corrected chi connectivity index (χ1v) is 8.59. The van der Waals surface area contributed by atoms with Crippen LogP contribution >= 0.6 is 0 Å². The quantitative estimate of drug-likeness (QED) is 0.382. The van der Waals surface area contributed by atoms with E-state index in [1.165, 1.54) is 0 Å². The molecule has 8 nitrogen and oxygen atoms in total. The predicted octanol–water partition coefficient (Wildman–Crippen LogP) is 1.89. The van der Waals surface area contributed by atoms with Crippen molar-refractivity contribution >= 4 is 7.32 Å². The molecule has 26 heavy (non-hydrogen) atoms. The van der Waals surface area contributed by atoms with Crippen molar-refractivity contribution in [3.63, 3.8) is 0 Å². The Balaban J connectivity index is 0.00000141. The van der Waals surface area contributed by atoms with Crippen molar-refractivity contribution < 1.29 is 34.1 Å². The lowest BCUT2D eigenvalue weighted by atomic mass is 9.75. The zero-order valence-electron chi connectivity index (χ0n) is 16.5. The van der Waals surface area contributed by atoms with E-state index < -0.39 is 7.32 Å². The van der Waals surface area contributed by atoms with Gasteiger partial charge in [0.15, 0.2) is 11.5 Å². The fraction of sp³-hybridized carbons (Fsp3) is 0.647. The molecule has 1 atom stereocenters. The highest BCUT2D eigenvalue weighted by atomic mass is 16.6. The van der Waals surface area contributed by atoms with Gasteiger partial charge < -0.3 is 34.1 Å². The Labute approximate surface area is 156 Å². The van der Waals surface area contributed by atoms with E-state index in [1.54, 1.807) is 26.4 Å². The smallest absolute Gasteiger partial charge is 0.490 e. The van der Waals surface area contributed by atoms with Crippen LogP contribution in [0.15, 0.2) is 12.1 Å². The molecule has 0 aromatic heterocycles. The monoisotopic (exact) mass is 373 g/mol. The number of ether oxygens (including phenoxy) is 3. The van der Waals surface area contributed by atoms with Crippen molar-refractivity contribution in [1.82, 2.24) is 0 Å². The maximum Gasteiger partial charge on any atom is 0.631 e. The van der Waals surface area contributed by atoms with Gasteiger partial charge in [-0.2, -0.15) is 5.90 Å². The van der Waals surface area contributed by atoms with E-state index >= 15 is 0 Å². The molecular weight excluding hydrogens is 341 g/mol. The van der Waals surface area contributed by atoms with E-state index in [1.807, 2.05) is 0 Å². The molecule has 0 radical (unpaired) electrons. The largest absolute Gasteiger partial charge is 0.631 e. The molecule has 1 unspecified atom stereocenters. The number of rotatable bonds is 9. The summed E-state index contributed by atoms with van der Waals surface area (Å²) < 4.78 is 17.0. The molecule has 9 heteroatoms. The molecule has 0 aliphatic carbocycles. The van der Waals surface area contributed by atoms with Crippen LogP contribution in [0.1, 0.15) is 47.0 Å². The summed E-state index contributed by atoms with van der Waals surface area (Å²) in [5.41, 5.74) is 0.140. The highest BCUT2D eigenvalue weighted by Crippen LogP contribution is 2.46. The van der Waals surface area contributed by atoms with E-state index in [2.05, 4.69) is 27.7 Å². The van der Waals surface area contributed by atoms with E-state index in [-0.39, 0.29) is 11.5 Å². The Kier molecular flexibility index (Phi) is 11.1. The van der Waals surface area contributed by atoms with E-state index in [0.717, 1.165) is 19.3 Å². The Hall–Kier alpha value is -1.68. The van der Waals surface area contributed by atoms with Crippen LogP contribution in [-0.4, -0.2) is 42.7 Å². The molecule has 0 fully saturated rings. The van der Waals surface area contributed by atoms with Gasteiger partial charge in [0.05, 0.1) is 14.2 Å². The lowest BCUT2D eigenvalue weighted by Gasteiger charge is -2.37. The minimum absolute atomic E-state index is 0.0516. The summed E-state index contributed by atoms with van der Waals surface area (Å²) in [4.78, 5) is 4.81. The molecule has 0 saturated carbocycles. The minimum atomic E-state index is -2.17. The van der Waals surface area contributed by atoms with Gasteiger partial charge in [-0.05, 0) is 38.3 Å². The highest BCUT2D eigenvalue weighted by Gasteiger charge is 2.33. The van der Waals surface area contributed by atoms with Gasteiger partial charge in [0.2, 0.25) is 11.5 Å². The van der Waals surface area contributed by atoms with Gasteiger partial charge in [-0.25, -0.2) is 0 Å². The van der Waals surface area contributed by atoms with E-state index in [0.29, 0.717) is 23.0 Å². The van der Waals surface area contributed by atoms with Gasteiger partial charge >= 0.3 is 7.32 Å². The number of methoxy groups -OCH3 is 2. The topological polar surface area (TPSA) is 124 Å². The number of nitrogens with two attached hydrogens (primary N) is 1. The van der Waals surface area contributed by atoms with Gasteiger partial charge in [0.25, 0.3) is 0 Å².